The van der Waals surface area contributed by atoms with Crippen molar-refractivity contribution in [3.63, 3.8) is 0 Å². The third-order valence-corrected chi connectivity index (χ3v) is 2.83. The molecule has 0 aliphatic carbocycles. The van der Waals surface area contributed by atoms with E-state index < -0.39 is 0 Å². The van der Waals surface area contributed by atoms with Gasteiger partial charge in [0.15, 0.2) is 5.58 Å². The number of aryl methyl sites for hydroxylation is 1. The third-order valence-electron chi connectivity index (χ3n) is 2.83. The molecular weight excluding hydrogens is 230 g/mol. The van der Waals surface area contributed by atoms with Crippen molar-refractivity contribution in [3.8, 4) is 6.07 Å². The third kappa shape index (κ3) is 2.60. The predicted octanol–water partition coefficient (Wildman–Crippen LogP) is 1.52. The van der Waals surface area contributed by atoms with Crippen molar-refractivity contribution in [2.24, 2.45) is 7.05 Å². The average molecular weight is 245 g/mol. The molecule has 1 aromatic heterocycles. The Hall–Kier alpha value is -2.06. The summed E-state index contributed by atoms with van der Waals surface area (Å²) in [5.74, 6) is -0.343. The topological polar surface area (TPSA) is 71.0 Å². The van der Waals surface area contributed by atoms with E-state index in [1.165, 1.54) is 4.57 Å². The molecule has 1 heterocycles. The van der Waals surface area contributed by atoms with Crippen LogP contribution in [0.1, 0.15) is 18.4 Å². The summed E-state index contributed by atoms with van der Waals surface area (Å²) in [7, 11) is 1.69. The van der Waals surface area contributed by atoms with Gasteiger partial charge in [-0.25, -0.2) is 4.79 Å². The number of rotatable bonds is 5. The van der Waals surface area contributed by atoms with Crippen molar-refractivity contribution in [3.05, 3.63) is 34.3 Å². The quantitative estimate of drug-likeness (QED) is 0.811. The Kier molecular flexibility index (Phi) is 3.80. The van der Waals surface area contributed by atoms with Crippen LogP contribution in [0.2, 0.25) is 0 Å². The first kappa shape index (κ1) is 12.4. The number of fused-ring (bicyclic) bond motifs is 1. The van der Waals surface area contributed by atoms with Gasteiger partial charge in [-0.2, -0.15) is 5.26 Å². The fraction of sp³-hybridized carbons (Fsp3) is 0.385. The van der Waals surface area contributed by atoms with Gasteiger partial charge in [-0.05, 0) is 30.7 Å². The fourth-order valence-electron chi connectivity index (χ4n) is 1.81. The number of aromatic nitrogens is 1. The summed E-state index contributed by atoms with van der Waals surface area (Å²) in [6.45, 7) is 1.54. The first-order valence-corrected chi connectivity index (χ1v) is 5.88. The van der Waals surface area contributed by atoms with Gasteiger partial charge in [-0.3, -0.25) is 4.57 Å². The molecule has 2 aromatic rings. The molecule has 0 atom stereocenters. The molecule has 0 saturated heterocycles. The molecule has 1 N–H and O–H groups in total. The second-order valence-electron chi connectivity index (χ2n) is 4.17. The van der Waals surface area contributed by atoms with Gasteiger partial charge < -0.3 is 9.73 Å². The highest BCUT2D eigenvalue weighted by molar-refractivity contribution is 5.73. The SMILES string of the molecule is Cn1c(=O)oc2ccc(CNCCCC#N)cc21. The van der Waals surface area contributed by atoms with Gasteiger partial charge in [-0.1, -0.05) is 6.07 Å². The minimum absolute atomic E-state index is 0.343. The highest BCUT2D eigenvalue weighted by Crippen LogP contribution is 2.14. The van der Waals surface area contributed by atoms with E-state index in [-0.39, 0.29) is 5.76 Å². The lowest BCUT2D eigenvalue weighted by Crippen LogP contribution is -2.14. The smallest absolute Gasteiger partial charge is 0.408 e. The lowest BCUT2D eigenvalue weighted by molar-refractivity contribution is 0.528. The Bertz CT molecular complexity index is 634. The van der Waals surface area contributed by atoms with Gasteiger partial charge >= 0.3 is 5.76 Å². The molecule has 0 saturated carbocycles. The second kappa shape index (κ2) is 5.52. The van der Waals surface area contributed by atoms with Crippen LogP contribution in [-0.4, -0.2) is 11.1 Å². The molecule has 94 valence electrons. The van der Waals surface area contributed by atoms with Gasteiger partial charge in [0.05, 0.1) is 11.6 Å². The number of nitriles is 1. The molecule has 5 heteroatoms. The Morgan fingerprint density at radius 2 is 2.33 bits per heavy atom. The van der Waals surface area contributed by atoms with Crippen LogP contribution in [0.25, 0.3) is 11.1 Å². The van der Waals surface area contributed by atoms with Crippen LogP contribution in [0, 0.1) is 11.3 Å². The molecule has 0 unspecified atom stereocenters. The molecule has 0 amide bonds. The number of hydrogen-bond donors (Lipinski definition) is 1. The van der Waals surface area contributed by atoms with E-state index in [4.69, 9.17) is 9.68 Å². The summed E-state index contributed by atoms with van der Waals surface area (Å²) < 4.78 is 6.56. The molecule has 0 spiro atoms. The monoisotopic (exact) mass is 245 g/mol. The molecule has 0 fully saturated rings. The summed E-state index contributed by atoms with van der Waals surface area (Å²) in [6.07, 6.45) is 1.42. The minimum atomic E-state index is -0.343. The molecule has 0 radical (unpaired) electrons. The summed E-state index contributed by atoms with van der Waals surface area (Å²) in [4.78, 5) is 11.3. The summed E-state index contributed by atoms with van der Waals surface area (Å²) in [5.41, 5.74) is 2.50. The zero-order valence-electron chi connectivity index (χ0n) is 10.3. The van der Waals surface area contributed by atoms with Crippen LogP contribution in [0.3, 0.4) is 0 Å². The van der Waals surface area contributed by atoms with Gasteiger partial charge in [-0.15, -0.1) is 0 Å². The highest BCUT2D eigenvalue weighted by Gasteiger charge is 2.05. The van der Waals surface area contributed by atoms with E-state index >= 15 is 0 Å². The maximum Gasteiger partial charge on any atom is 0.419 e. The van der Waals surface area contributed by atoms with E-state index in [0.29, 0.717) is 12.0 Å². The van der Waals surface area contributed by atoms with Crippen LogP contribution in [0.15, 0.2) is 27.4 Å². The van der Waals surface area contributed by atoms with Crippen molar-refractivity contribution in [2.45, 2.75) is 19.4 Å². The normalized spacial score (nSPS) is 10.7. The molecule has 0 aliphatic heterocycles. The molecular formula is C13H15N3O2. The summed E-state index contributed by atoms with van der Waals surface area (Å²) in [6, 6.07) is 7.79. The molecule has 2 rings (SSSR count). The largest absolute Gasteiger partial charge is 0.419 e. The van der Waals surface area contributed by atoms with Crippen LogP contribution in [-0.2, 0) is 13.6 Å². The summed E-state index contributed by atoms with van der Waals surface area (Å²) in [5, 5.41) is 11.7. The standard InChI is InChI=1S/C13H15N3O2/c1-16-11-8-10(9-15-7-3-2-6-14)4-5-12(11)18-13(16)17/h4-5,8,15H,2-3,7,9H2,1H3. The van der Waals surface area contributed by atoms with Crippen LogP contribution in [0.5, 0.6) is 0 Å². The van der Waals surface area contributed by atoms with E-state index in [1.54, 1.807) is 7.05 Å². The van der Waals surface area contributed by atoms with Crippen molar-refractivity contribution < 1.29 is 4.42 Å². The zero-order valence-corrected chi connectivity index (χ0v) is 10.3. The fourth-order valence-corrected chi connectivity index (χ4v) is 1.81. The average Bonchev–Trinajstić information content (AvgIpc) is 2.65. The van der Waals surface area contributed by atoms with Crippen molar-refractivity contribution in [1.82, 2.24) is 9.88 Å². The number of nitrogens with zero attached hydrogens (tertiary/aromatic N) is 2. The number of benzene rings is 1. The maximum absolute atomic E-state index is 11.3. The number of hydrogen-bond acceptors (Lipinski definition) is 4. The Morgan fingerprint density at radius 1 is 1.50 bits per heavy atom. The highest BCUT2D eigenvalue weighted by atomic mass is 16.4. The van der Waals surface area contributed by atoms with Gasteiger partial charge in [0.1, 0.15) is 0 Å². The molecule has 1 aromatic carbocycles. The Morgan fingerprint density at radius 3 is 3.11 bits per heavy atom. The zero-order chi connectivity index (χ0) is 13.0. The number of nitrogens with one attached hydrogen (secondary N) is 1. The van der Waals surface area contributed by atoms with E-state index in [1.807, 2.05) is 18.2 Å². The Balaban J connectivity index is 2.04. The first-order chi connectivity index (χ1) is 8.72. The Labute approximate surface area is 105 Å². The lowest BCUT2D eigenvalue weighted by Gasteiger charge is -2.03. The number of unbranched alkanes of at least 4 members (excludes halogenated alkanes) is 1. The predicted molar refractivity (Wildman–Crippen MR) is 68.0 cm³/mol. The molecule has 0 bridgehead atoms. The van der Waals surface area contributed by atoms with Gasteiger partial charge in [0, 0.05) is 20.0 Å². The molecule has 5 nitrogen and oxygen atoms in total. The molecule has 0 aliphatic rings. The number of oxazole rings is 1. The van der Waals surface area contributed by atoms with E-state index in [9.17, 15) is 4.79 Å². The van der Waals surface area contributed by atoms with Crippen LogP contribution < -0.4 is 11.1 Å². The van der Waals surface area contributed by atoms with Crippen LogP contribution in [0.4, 0.5) is 0 Å². The van der Waals surface area contributed by atoms with Crippen molar-refractivity contribution in [1.29, 1.82) is 5.26 Å². The van der Waals surface area contributed by atoms with E-state index in [2.05, 4.69) is 11.4 Å². The molecule has 18 heavy (non-hydrogen) atoms. The van der Waals surface area contributed by atoms with Crippen molar-refractivity contribution in [2.75, 3.05) is 6.54 Å². The van der Waals surface area contributed by atoms with Gasteiger partial charge in [0.25, 0.3) is 0 Å². The summed E-state index contributed by atoms with van der Waals surface area (Å²) >= 11 is 0. The maximum atomic E-state index is 11.3. The first-order valence-electron chi connectivity index (χ1n) is 5.88. The van der Waals surface area contributed by atoms with Crippen molar-refractivity contribution >= 4 is 11.1 Å². The minimum Gasteiger partial charge on any atom is -0.408 e. The lowest BCUT2D eigenvalue weighted by atomic mass is 10.2. The van der Waals surface area contributed by atoms with Crippen LogP contribution >= 0.6 is 0 Å². The second-order valence-corrected chi connectivity index (χ2v) is 4.17. The van der Waals surface area contributed by atoms with E-state index in [0.717, 1.165) is 30.6 Å². The van der Waals surface area contributed by atoms with Gasteiger partial charge in [0.2, 0.25) is 0 Å².